The zero-order valence-electron chi connectivity index (χ0n) is 27.9. The fraction of sp³-hybridized carbons (Fsp3) is 0.611. The largest absolute Gasteiger partial charge is 0.489 e. The Bertz CT molecular complexity index is 1060. The first-order chi connectivity index (χ1) is 21.6. The summed E-state index contributed by atoms with van der Waals surface area (Å²) in [6.45, 7) is 13.1. The molecule has 252 valence electrons. The number of carbonyl (C=O) groups is 3. The van der Waals surface area contributed by atoms with E-state index in [1.54, 1.807) is 18.3 Å². The Balaban J connectivity index is 0.000000455. The smallest absolute Gasteiger partial charge is 0.249 e. The average molecular weight is 632 g/mol. The lowest BCUT2D eigenvalue weighted by molar-refractivity contribution is -0.132. The molecule has 1 amide bonds. The summed E-state index contributed by atoms with van der Waals surface area (Å²) in [5, 5.41) is 3.51. The number of alkyl halides is 2. The Morgan fingerprint density at radius 3 is 2.04 bits per heavy atom. The monoisotopic (exact) mass is 631 g/mol. The predicted octanol–water partition coefficient (Wildman–Crippen LogP) is 8.24. The normalized spacial score (nSPS) is 17.7. The number of nitrogens with zero attached hydrogens (tertiary/aromatic N) is 2. The Kier molecular flexibility index (Phi) is 19.6. The van der Waals surface area contributed by atoms with Gasteiger partial charge in [-0.25, -0.2) is 8.78 Å². The molecule has 0 bridgehead atoms. The molecular formula is C36H55F2N3O4. The van der Waals surface area contributed by atoms with Crippen molar-refractivity contribution in [2.24, 2.45) is 5.92 Å². The quantitative estimate of drug-likeness (QED) is 0.254. The van der Waals surface area contributed by atoms with Gasteiger partial charge in [-0.05, 0) is 100 Å². The summed E-state index contributed by atoms with van der Waals surface area (Å²) >= 11 is 0. The van der Waals surface area contributed by atoms with E-state index in [1.165, 1.54) is 25.7 Å². The van der Waals surface area contributed by atoms with Crippen LogP contribution in [0.2, 0.25) is 0 Å². The van der Waals surface area contributed by atoms with E-state index in [0.717, 1.165) is 82.0 Å². The molecule has 2 aliphatic carbocycles. The van der Waals surface area contributed by atoms with Crippen LogP contribution in [0.25, 0.3) is 0 Å². The second kappa shape index (κ2) is 22.2. The summed E-state index contributed by atoms with van der Waals surface area (Å²) in [7, 11) is 0. The van der Waals surface area contributed by atoms with Crippen LogP contribution in [0, 0.1) is 12.8 Å². The molecule has 2 aliphatic rings. The van der Waals surface area contributed by atoms with Gasteiger partial charge in [0.2, 0.25) is 11.8 Å². The highest BCUT2D eigenvalue weighted by Crippen LogP contribution is 2.29. The number of hydrogen-bond donors (Lipinski definition) is 1. The van der Waals surface area contributed by atoms with E-state index in [-0.39, 0.29) is 12.5 Å². The molecule has 9 heteroatoms. The molecule has 0 unspecified atom stereocenters. The number of amides is 1. The lowest BCUT2D eigenvalue weighted by atomic mass is 9.92. The number of ether oxygens (including phenoxy) is 1. The molecule has 0 atom stereocenters. The summed E-state index contributed by atoms with van der Waals surface area (Å²) < 4.78 is 32.2. The topological polar surface area (TPSA) is 88.6 Å². The first-order valence-electron chi connectivity index (χ1n) is 16.3. The first kappa shape index (κ1) is 39.7. The van der Waals surface area contributed by atoms with E-state index in [2.05, 4.69) is 29.0 Å². The molecule has 1 heterocycles. The molecule has 7 nitrogen and oxygen atoms in total. The van der Waals surface area contributed by atoms with Gasteiger partial charge in [-0.3, -0.25) is 9.78 Å². The summed E-state index contributed by atoms with van der Waals surface area (Å²) in [5.41, 5.74) is 2.74. The van der Waals surface area contributed by atoms with Gasteiger partial charge in [0.1, 0.15) is 19.3 Å². The van der Waals surface area contributed by atoms with Crippen LogP contribution in [0.1, 0.15) is 103 Å². The van der Waals surface area contributed by atoms with Crippen molar-refractivity contribution in [2.45, 2.75) is 123 Å². The summed E-state index contributed by atoms with van der Waals surface area (Å²) in [5.74, 6) is -0.746. The standard InChI is InChI=1S/C21H26F2N2O.C13H25NO.2CH2O/c1-15-11-20(14-24-13-15)26-19-9-7-18(8-10-19)25-17-5-3-16(4-6-17)12-21(2,22)23;1-3-9-14(10-4-2)13(15)11-12-7-5-6-8-12;2*1-2/h3-6,11,13-14,18-19,25H,7-10,12H2,1-2H3;12H,3-11H2,1-2H3;2*1H2. The Morgan fingerprint density at radius 2 is 1.53 bits per heavy atom. The summed E-state index contributed by atoms with van der Waals surface area (Å²) in [6, 6.07) is 9.74. The van der Waals surface area contributed by atoms with Crippen LogP contribution in [0.3, 0.4) is 0 Å². The number of carbonyl (C=O) groups excluding carboxylic acids is 3. The van der Waals surface area contributed by atoms with Crippen LogP contribution in [0.4, 0.5) is 14.5 Å². The van der Waals surface area contributed by atoms with Crippen molar-refractivity contribution in [3.63, 3.8) is 0 Å². The maximum atomic E-state index is 13.1. The molecule has 2 saturated carbocycles. The molecular weight excluding hydrogens is 576 g/mol. The minimum atomic E-state index is -2.67. The zero-order valence-corrected chi connectivity index (χ0v) is 27.9. The van der Waals surface area contributed by atoms with Crippen molar-refractivity contribution in [2.75, 3.05) is 18.4 Å². The minimum Gasteiger partial charge on any atom is -0.489 e. The maximum absolute atomic E-state index is 13.1. The van der Waals surface area contributed by atoms with Gasteiger partial charge in [0.05, 0.1) is 12.3 Å². The van der Waals surface area contributed by atoms with E-state index in [0.29, 0.717) is 23.4 Å². The summed E-state index contributed by atoms with van der Waals surface area (Å²) in [4.78, 5) is 34.2. The van der Waals surface area contributed by atoms with Crippen molar-refractivity contribution < 1.29 is 27.9 Å². The number of benzene rings is 1. The van der Waals surface area contributed by atoms with E-state index in [1.807, 2.05) is 44.9 Å². The molecule has 1 aromatic heterocycles. The van der Waals surface area contributed by atoms with Crippen LogP contribution < -0.4 is 10.1 Å². The Hall–Kier alpha value is -3.36. The van der Waals surface area contributed by atoms with E-state index < -0.39 is 5.92 Å². The van der Waals surface area contributed by atoms with Crippen LogP contribution in [-0.2, 0) is 20.8 Å². The second-order valence-electron chi connectivity index (χ2n) is 12.1. The number of hydrogen-bond acceptors (Lipinski definition) is 6. The van der Waals surface area contributed by atoms with Crippen LogP contribution >= 0.6 is 0 Å². The number of anilines is 1. The van der Waals surface area contributed by atoms with Crippen LogP contribution in [0.15, 0.2) is 42.7 Å². The van der Waals surface area contributed by atoms with E-state index in [9.17, 15) is 13.6 Å². The minimum absolute atomic E-state index is 0.219. The lowest BCUT2D eigenvalue weighted by Crippen LogP contribution is -2.33. The van der Waals surface area contributed by atoms with Crippen LogP contribution in [0.5, 0.6) is 5.75 Å². The number of halogens is 2. The van der Waals surface area contributed by atoms with E-state index in [4.69, 9.17) is 14.3 Å². The molecule has 0 radical (unpaired) electrons. The highest BCUT2D eigenvalue weighted by atomic mass is 19.3. The SMILES string of the molecule is C=O.C=O.CCCN(CCC)C(=O)CC1CCCC1.Cc1cncc(OC2CCC(Nc3ccc(CC(C)(F)F)cc3)CC2)c1. The molecule has 0 saturated heterocycles. The number of aryl methyl sites for hydroxylation is 1. The van der Waals surface area contributed by atoms with Gasteiger partial charge in [0.25, 0.3) is 0 Å². The molecule has 0 spiro atoms. The van der Waals surface area contributed by atoms with Gasteiger partial charge in [-0.15, -0.1) is 0 Å². The second-order valence-corrected chi connectivity index (χ2v) is 12.1. The number of rotatable bonds is 12. The van der Waals surface area contributed by atoms with Gasteiger partial charge in [0.15, 0.2) is 0 Å². The third kappa shape index (κ3) is 16.5. The molecule has 2 aromatic rings. The highest BCUT2D eigenvalue weighted by molar-refractivity contribution is 5.76. The molecule has 2 fully saturated rings. The fourth-order valence-electron chi connectivity index (χ4n) is 5.91. The molecule has 1 N–H and O–H groups in total. The summed E-state index contributed by atoms with van der Waals surface area (Å²) in [6.07, 6.45) is 15.8. The van der Waals surface area contributed by atoms with E-state index >= 15 is 0 Å². The molecule has 45 heavy (non-hydrogen) atoms. The van der Waals surface area contributed by atoms with Gasteiger partial charge >= 0.3 is 0 Å². The van der Waals surface area contributed by atoms with Gasteiger partial charge < -0.3 is 24.5 Å². The van der Waals surface area contributed by atoms with Crippen molar-refractivity contribution in [1.29, 1.82) is 0 Å². The lowest BCUT2D eigenvalue weighted by Gasteiger charge is -2.30. The number of pyridine rings is 1. The van der Waals surface area contributed by atoms with Gasteiger partial charge in [-0.1, -0.05) is 38.8 Å². The third-order valence-corrected chi connectivity index (χ3v) is 7.94. The van der Waals surface area contributed by atoms with Gasteiger partial charge in [-0.2, -0.15) is 0 Å². The fourth-order valence-corrected chi connectivity index (χ4v) is 5.91. The van der Waals surface area contributed by atoms with Crippen LogP contribution in [-0.4, -0.2) is 60.5 Å². The van der Waals surface area contributed by atoms with Crippen molar-refractivity contribution in [1.82, 2.24) is 9.88 Å². The highest BCUT2D eigenvalue weighted by Gasteiger charge is 2.24. The molecule has 0 aliphatic heterocycles. The number of aromatic nitrogens is 1. The van der Waals surface area contributed by atoms with Crippen molar-refractivity contribution in [3.8, 4) is 5.75 Å². The number of nitrogens with one attached hydrogen (secondary N) is 1. The molecule has 1 aromatic carbocycles. The predicted molar refractivity (Wildman–Crippen MR) is 178 cm³/mol. The third-order valence-electron chi connectivity index (χ3n) is 7.94. The van der Waals surface area contributed by atoms with Crippen molar-refractivity contribution in [3.05, 3.63) is 53.9 Å². The maximum Gasteiger partial charge on any atom is 0.249 e. The first-order valence-corrected chi connectivity index (χ1v) is 16.3. The molecule has 4 rings (SSSR count). The average Bonchev–Trinajstić information content (AvgIpc) is 3.54. The zero-order chi connectivity index (χ0) is 33.7. The van der Waals surface area contributed by atoms with Crippen molar-refractivity contribution >= 4 is 25.2 Å². The Morgan fingerprint density at radius 1 is 0.956 bits per heavy atom. The van der Waals surface area contributed by atoms with Gasteiger partial charge in [0, 0.05) is 43.9 Å². The Labute approximate surface area is 269 Å².